The highest BCUT2D eigenvalue weighted by atomic mass is 32.2. The number of ether oxygens (including phenoxy) is 1. The number of amides is 3. The van der Waals surface area contributed by atoms with E-state index in [-0.39, 0.29) is 28.8 Å². The molecule has 0 bridgehead atoms. The highest BCUT2D eigenvalue weighted by molar-refractivity contribution is 8.14. The lowest BCUT2D eigenvalue weighted by molar-refractivity contribution is -0.126. The van der Waals surface area contributed by atoms with E-state index in [1.165, 1.54) is 4.90 Å². The van der Waals surface area contributed by atoms with E-state index < -0.39 is 0 Å². The van der Waals surface area contributed by atoms with Gasteiger partial charge in [0, 0.05) is 18.7 Å². The predicted molar refractivity (Wildman–Crippen MR) is 86.6 cm³/mol. The number of benzene rings is 1. The predicted octanol–water partition coefficient (Wildman–Crippen LogP) is 2.00. The lowest BCUT2D eigenvalue weighted by atomic mass is 10.2. The minimum atomic E-state index is -0.199. The van der Waals surface area contributed by atoms with Crippen LogP contribution in [0.5, 0.6) is 5.75 Å². The number of thioether (sulfide) groups is 1. The van der Waals surface area contributed by atoms with Crippen molar-refractivity contribution in [2.24, 2.45) is 0 Å². The first-order valence-electron chi connectivity index (χ1n) is 7.61. The first-order valence-corrected chi connectivity index (χ1v) is 8.59. The van der Waals surface area contributed by atoms with Crippen molar-refractivity contribution in [3.63, 3.8) is 0 Å². The fourth-order valence-electron chi connectivity index (χ4n) is 2.90. The van der Waals surface area contributed by atoms with E-state index in [9.17, 15) is 14.4 Å². The molecule has 0 spiro atoms. The molecule has 2 heterocycles. The minimum Gasteiger partial charge on any atom is -0.494 e. The lowest BCUT2D eigenvalue weighted by Crippen LogP contribution is -2.41. The van der Waals surface area contributed by atoms with Crippen LogP contribution in [0, 0.1) is 0 Å². The van der Waals surface area contributed by atoms with Crippen LogP contribution in [0.2, 0.25) is 0 Å². The molecule has 0 radical (unpaired) electrons. The van der Waals surface area contributed by atoms with E-state index in [0.29, 0.717) is 31.7 Å². The zero-order chi connectivity index (χ0) is 16.4. The van der Waals surface area contributed by atoms with Crippen molar-refractivity contribution in [3.8, 4) is 5.75 Å². The third-order valence-electron chi connectivity index (χ3n) is 4.01. The van der Waals surface area contributed by atoms with Crippen LogP contribution >= 0.6 is 11.8 Å². The van der Waals surface area contributed by atoms with Gasteiger partial charge in [-0.3, -0.25) is 19.3 Å². The van der Waals surface area contributed by atoms with Crippen molar-refractivity contribution < 1.29 is 19.1 Å². The summed E-state index contributed by atoms with van der Waals surface area (Å²) in [5.74, 6) is 0.707. The number of imide groups is 1. The molecule has 23 heavy (non-hydrogen) atoms. The van der Waals surface area contributed by atoms with Gasteiger partial charge in [-0.2, -0.15) is 0 Å². The first kappa shape index (κ1) is 15.9. The van der Waals surface area contributed by atoms with Gasteiger partial charge >= 0.3 is 0 Å². The summed E-state index contributed by atoms with van der Waals surface area (Å²) in [6.07, 6.45) is 0.640. The molecule has 2 aliphatic rings. The molecule has 2 saturated heterocycles. The standard InChI is InChI=1S/C16H18N2O4S/c1-2-22-13-5-3-11(4-6-13)15(20)17-8-7-12(9-17)18-14(19)10-23-16(18)21/h3-6,12H,2,7-10H2,1H3. The van der Waals surface area contributed by atoms with Crippen molar-refractivity contribution in [2.75, 3.05) is 25.4 Å². The molecule has 122 valence electrons. The van der Waals surface area contributed by atoms with Crippen LogP contribution in [-0.4, -0.2) is 58.3 Å². The summed E-state index contributed by atoms with van der Waals surface area (Å²) in [5, 5.41) is -0.199. The second-order valence-electron chi connectivity index (χ2n) is 5.47. The molecule has 1 aromatic carbocycles. The van der Waals surface area contributed by atoms with Gasteiger partial charge in [-0.05, 0) is 37.6 Å². The normalized spacial score (nSPS) is 21.2. The molecule has 3 rings (SSSR count). The molecule has 2 aliphatic heterocycles. The molecule has 0 aromatic heterocycles. The number of carbonyl (C=O) groups is 3. The van der Waals surface area contributed by atoms with Crippen molar-refractivity contribution in [2.45, 2.75) is 19.4 Å². The Kier molecular flexibility index (Phi) is 4.56. The molecule has 3 amide bonds. The number of nitrogens with zero attached hydrogens (tertiary/aromatic N) is 2. The molecule has 0 N–H and O–H groups in total. The summed E-state index contributed by atoms with van der Waals surface area (Å²) in [7, 11) is 0. The lowest BCUT2D eigenvalue weighted by Gasteiger charge is -2.22. The maximum Gasteiger partial charge on any atom is 0.289 e. The Balaban J connectivity index is 1.65. The van der Waals surface area contributed by atoms with Gasteiger partial charge in [0.1, 0.15) is 5.75 Å². The molecule has 1 aromatic rings. The number of hydrogen-bond acceptors (Lipinski definition) is 5. The van der Waals surface area contributed by atoms with Gasteiger partial charge in [-0.25, -0.2) is 0 Å². The van der Waals surface area contributed by atoms with Crippen LogP contribution in [0.3, 0.4) is 0 Å². The van der Waals surface area contributed by atoms with E-state index in [0.717, 1.165) is 17.5 Å². The first-order chi connectivity index (χ1) is 11.1. The number of rotatable bonds is 4. The Morgan fingerprint density at radius 2 is 2.04 bits per heavy atom. The number of hydrogen-bond donors (Lipinski definition) is 0. The molecule has 0 aliphatic carbocycles. The molecular formula is C16H18N2O4S. The molecular weight excluding hydrogens is 316 g/mol. The maximum absolute atomic E-state index is 12.5. The third kappa shape index (κ3) is 3.19. The molecule has 7 heteroatoms. The zero-order valence-electron chi connectivity index (χ0n) is 12.9. The smallest absolute Gasteiger partial charge is 0.289 e. The largest absolute Gasteiger partial charge is 0.494 e. The average molecular weight is 334 g/mol. The van der Waals surface area contributed by atoms with E-state index >= 15 is 0 Å². The summed E-state index contributed by atoms with van der Waals surface area (Å²) >= 11 is 1.03. The highest BCUT2D eigenvalue weighted by Crippen LogP contribution is 2.27. The van der Waals surface area contributed by atoms with Gasteiger partial charge in [-0.15, -0.1) is 0 Å². The van der Waals surface area contributed by atoms with Gasteiger partial charge in [-0.1, -0.05) is 11.8 Å². The monoisotopic (exact) mass is 334 g/mol. The Labute approximate surface area is 138 Å². The van der Waals surface area contributed by atoms with Crippen molar-refractivity contribution in [1.82, 2.24) is 9.80 Å². The van der Waals surface area contributed by atoms with Crippen LogP contribution in [0.4, 0.5) is 4.79 Å². The second kappa shape index (κ2) is 6.62. The summed E-state index contributed by atoms with van der Waals surface area (Å²) < 4.78 is 5.37. The van der Waals surface area contributed by atoms with Gasteiger partial charge in [0.2, 0.25) is 5.91 Å². The topological polar surface area (TPSA) is 66.9 Å². The molecule has 1 unspecified atom stereocenters. The number of carbonyl (C=O) groups excluding carboxylic acids is 3. The summed E-state index contributed by atoms with van der Waals surface area (Å²) in [4.78, 5) is 39.1. The van der Waals surface area contributed by atoms with Crippen LogP contribution in [0.25, 0.3) is 0 Å². The summed E-state index contributed by atoms with van der Waals surface area (Å²) in [6, 6.07) is 6.82. The van der Waals surface area contributed by atoms with Crippen molar-refractivity contribution in [3.05, 3.63) is 29.8 Å². The molecule has 1 atom stereocenters. The third-order valence-corrected chi connectivity index (χ3v) is 4.85. The summed E-state index contributed by atoms with van der Waals surface area (Å²) in [6.45, 7) is 3.45. The van der Waals surface area contributed by atoms with Crippen molar-refractivity contribution >= 4 is 28.8 Å². The highest BCUT2D eigenvalue weighted by Gasteiger charge is 2.40. The van der Waals surface area contributed by atoms with Gasteiger partial charge < -0.3 is 9.64 Å². The molecule has 2 fully saturated rings. The fraction of sp³-hybridized carbons (Fsp3) is 0.438. The second-order valence-corrected chi connectivity index (χ2v) is 6.40. The van der Waals surface area contributed by atoms with E-state index in [1.54, 1.807) is 29.2 Å². The zero-order valence-corrected chi connectivity index (χ0v) is 13.7. The average Bonchev–Trinajstić information content (AvgIpc) is 3.14. The quantitative estimate of drug-likeness (QED) is 0.842. The Morgan fingerprint density at radius 3 is 2.65 bits per heavy atom. The van der Waals surface area contributed by atoms with Gasteiger partial charge in [0.05, 0.1) is 18.4 Å². The van der Waals surface area contributed by atoms with Crippen molar-refractivity contribution in [1.29, 1.82) is 0 Å². The molecule has 6 nitrogen and oxygen atoms in total. The molecule has 0 saturated carbocycles. The maximum atomic E-state index is 12.5. The van der Waals surface area contributed by atoms with Crippen LogP contribution in [0.1, 0.15) is 23.7 Å². The Hall–Kier alpha value is -2.02. The Bertz CT molecular complexity index is 615. The van der Waals surface area contributed by atoms with Gasteiger partial charge in [0.15, 0.2) is 0 Å². The minimum absolute atomic E-state index is 0.0812. The van der Waals surface area contributed by atoms with E-state index in [1.807, 2.05) is 6.92 Å². The van der Waals surface area contributed by atoms with Crippen LogP contribution in [0.15, 0.2) is 24.3 Å². The number of likely N-dealkylation sites (tertiary alicyclic amines) is 1. The van der Waals surface area contributed by atoms with Crippen LogP contribution in [-0.2, 0) is 4.79 Å². The van der Waals surface area contributed by atoms with Gasteiger partial charge in [0.25, 0.3) is 11.1 Å². The van der Waals surface area contributed by atoms with E-state index in [4.69, 9.17) is 4.74 Å². The van der Waals surface area contributed by atoms with Crippen LogP contribution < -0.4 is 4.74 Å². The Morgan fingerprint density at radius 1 is 1.30 bits per heavy atom. The fourth-order valence-corrected chi connectivity index (χ4v) is 3.67. The van der Waals surface area contributed by atoms with E-state index in [2.05, 4.69) is 0 Å². The summed E-state index contributed by atoms with van der Waals surface area (Å²) in [5.41, 5.74) is 0.586. The SMILES string of the molecule is CCOc1ccc(C(=O)N2CCC(N3C(=O)CSC3=O)C2)cc1.